The monoisotopic (exact) mass is 341 g/mol. The van der Waals surface area contributed by atoms with Gasteiger partial charge in [-0.1, -0.05) is 69.3 Å². The molecule has 4 rings (SSSR count). The van der Waals surface area contributed by atoms with Crippen molar-refractivity contribution in [2.75, 3.05) is 10.6 Å². The zero-order valence-electron chi connectivity index (χ0n) is 15.4. The van der Waals surface area contributed by atoms with E-state index in [9.17, 15) is 0 Å². The fourth-order valence-electron chi connectivity index (χ4n) is 3.39. The van der Waals surface area contributed by atoms with E-state index in [1.54, 1.807) is 0 Å². The number of rotatable bonds is 2. The molecule has 0 saturated heterocycles. The van der Waals surface area contributed by atoms with Crippen molar-refractivity contribution in [3.05, 3.63) is 71.3 Å². The summed E-state index contributed by atoms with van der Waals surface area (Å²) in [5.74, 6) is 0.266. The Hall–Kier alpha value is -3.07. The Kier molecular flexibility index (Phi) is 3.80. The number of nitrogens with one attached hydrogen (secondary N) is 3. The minimum atomic E-state index is 0.129. The van der Waals surface area contributed by atoms with E-state index in [0.29, 0.717) is 0 Å². The molecule has 130 valence electrons. The van der Waals surface area contributed by atoms with Crippen LogP contribution in [0.25, 0.3) is 22.9 Å². The van der Waals surface area contributed by atoms with Gasteiger partial charge in [0, 0.05) is 16.9 Å². The molecule has 3 aromatic rings. The van der Waals surface area contributed by atoms with Gasteiger partial charge in [0.15, 0.2) is 5.96 Å². The quantitative estimate of drug-likeness (QED) is 0.306. The van der Waals surface area contributed by atoms with Crippen molar-refractivity contribution in [3.8, 4) is 0 Å². The molecule has 0 bridgehead atoms. The van der Waals surface area contributed by atoms with Crippen molar-refractivity contribution in [1.29, 1.82) is 5.41 Å². The van der Waals surface area contributed by atoms with Crippen LogP contribution in [0.15, 0.2) is 54.6 Å². The lowest BCUT2D eigenvalue weighted by Gasteiger charge is -2.19. The van der Waals surface area contributed by atoms with Gasteiger partial charge in [-0.15, -0.1) is 0 Å². The first-order chi connectivity index (χ1) is 12.4. The molecule has 26 heavy (non-hydrogen) atoms. The van der Waals surface area contributed by atoms with Crippen molar-refractivity contribution < 1.29 is 0 Å². The summed E-state index contributed by atoms with van der Waals surface area (Å²) in [7, 11) is 0. The van der Waals surface area contributed by atoms with Gasteiger partial charge >= 0.3 is 0 Å². The molecular weight excluding hydrogens is 318 g/mol. The predicted molar refractivity (Wildman–Crippen MR) is 113 cm³/mol. The van der Waals surface area contributed by atoms with E-state index >= 15 is 0 Å². The topological polar surface area (TPSA) is 47.9 Å². The molecule has 3 aromatic carbocycles. The molecule has 3 heteroatoms. The molecule has 3 N–H and O–H groups in total. The fraction of sp³-hybridized carbons (Fsp3) is 0.174. The largest absolute Gasteiger partial charge is 0.326 e. The average Bonchev–Trinajstić information content (AvgIpc) is 3.03. The summed E-state index contributed by atoms with van der Waals surface area (Å²) in [5, 5.41) is 17.1. The number of guanidine groups is 1. The maximum atomic E-state index is 8.29. The van der Waals surface area contributed by atoms with E-state index in [1.807, 2.05) is 18.2 Å². The van der Waals surface area contributed by atoms with Crippen LogP contribution in [-0.4, -0.2) is 5.96 Å². The highest BCUT2D eigenvalue weighted by molar-refractivity contribution is 6.11. The molecule has 0 radical (unpaired) electrons. The first-order valence-electron chi connectivity index (χ1n) is 8.89. The molecule has 0 amide bonds. The van der Waals surface area contributed by atoms with Crippen LogP contribution < -0.4 is 10.6 Å². The second kappa shape index (κ2) is 6.03. The van der Waals surface area contributed by atoms with E-state index in [2.05, 4.69) is 80.0 Å². The maximum Gasteiger partial charge on any atom is 0.197 e. The molecule has 0 heterocycles. The van der Waals surface area contributed by atoms with E-state index in [-0.39, 0.29) is 11.4 Å². The standard InChI is InChI=1S/C23H23N3/c1-23(2,3)17-9-11-18(12-10-17)25-22(24)26-20-14-8-16-6-4-5-15-7-13-19(20)21(15)16/h4-14H,1-3H3,(H3,24,25,26). The van der Waals surface area contributed by atoms with E-state index in [0.717, 1.165) is 16.9 Å². The number of anilines is 2. The Morgan fingerprint density at radius 2 is 1.62 bits per heavy atom. The molecule has 0 unspecified atom stereocenters. The van der Waals surface area contributed by atoms with Crippen LogP contribution in [0.3, 0.4) is 0 Å². The highest BCUT2D eigenvalue weighted by Crippen LogP contribution is 2.36. The summed E-state index contributed by atoms with van der Waals surface area (Å²) in [6.45, 7) is 6.59. The number of hydrogen-bond donors (Lipinski definition) is 3. The van der Waals surface area contributed by atoms with Gasteiger partial charge in [-0.2, -0.15) is 0 Å². The second-order valence-corrected chi connectivity index (χ2v) is 7.76. The van der Waals surface area contributed by atoms with Gasteiger partial charge < -0.3 is 10.6 Å². The van der Waals surface area contributed by atoms with Gasteiger partial charge in [0.05, 0.1) is 0 Å². The van der Waals surface area contributed by atoms with Crippen LogP contribution in [0.1, 0.15) is 37.5 Å². The van der Waals surface area contributed by atoms with Gasteiger partial charge in [-0.25, -0.2) is 0 Å². The van der Waals surface area contributed by atoms with Gasteiger partial charge in [-0.3, -0.25) is 5.41 Å². The second-order valence-electron chi connectivity index (χ2n) is 7.76. The first kappa shape index (κ1) is 16.4. The lowest BCUT2D eigenvalue weighted by molar-refractivity contribution is 0.590. The van der Waals surface area contributed by atoms with Crippen LogP contribution in [0.5, 0.6) is 0 Å². The molecule has 0 aromatic heterocycles. The molecule has 0 atom stereocenters. The van der Waals surface area contributed by atoms with Crippen molar-refractivity contribution >= 4 is 40.3 Å². The molecular formula is C23H23N3. The third-order valence-electron chi connectivity index (χ3n) is 4.83. The fourth-order valence-corrected chi connectivity index (χ4v) is 3.39. The summed E-state index contributed by atoms with van der Waals surface area (Å²) in [6, 6.07) is 18.7. The molecule has 0 fully saturated rings. The van der Waals surface area contributed by atoms with E-state index in [1.165, 1.54) is 21.9 Å². The lowest BCUT2D eigenvalue weighted by Crippen LogP contribution is -2.21. The highest BCUT2D eigenvalue weighted by Gasteiger charge is 2.15. The first-order valence-corrected chi connectivity index (χ1v) is 8.89. The van der Waals surface area contributed by atoms with Crippen LogP contribution in [0, 0.1) is 5.41 Å². The zero-order chi connectivity index (χ0) is 18.3. The summed E-state index contributed by atoms with van der Waals surface area (Å²) in [4.78, 5) is 0. The van der Waals surface area contributed by atoms with E-state index < -0.39 is 0 Å². The van der Waals surface area contributed by atoms with Gasteiger partial charge in [-0.05, 0) is 45.5 Å². The highest BCUT2D eigenvalue weighted by atomic mass is 15.1. The lowest BCUT2D eigenvalue weighted by atomic mass is 9.87. The normalized spacial score (nSPS) is 12.4. The molecule has 0 saturated carbocycles. The Morgan fingerprint density at radius 3 is 2.35 bits per heavy atom. The molecule has 0 aliphatic heterocycles. The average molecular weight is 341 g/mol. The molecule has 3 nitrogen and oxygen atoms in total. The summed E-state index contributed by atoms with van der Waals surface area (Å²) in [5.41, 5.74) is 5.64. The Labute approximate surface area is 154 Å². The minimum Gasteiger partial charge on any atom is -0.326 e. The van der Waals surface area contributed by atoms with Gasteiger partial charge in [0.1, 0.15) is 0 Å². The predicted octanol–water partition coefficient (Wildman–Crippen LogP) is 6.08. The SMILES string of the molecule is CC(C)(C)c1ccc(NC(=N)Nc2ccc3cccc4c3c2C=C4)cc1. The molecule has 0 spiro atoms. The number of hydrogen-bond acceptors (Lipinski definition) is 1. The van der Waals surface area contributed by atoms with Gasteiger partial charge in [0.25, 0.3) is 0 Å². The number of benzene rings is 3. The van der Waals surface area contributed by atoms with Crippen molar-refractivity contribution in [2.45, 2.75) is 26.2 Å². The summed E-state index contributed by atoms with van der Waals surface area (Å²) >= 11 is 0. The van der Waals surface area contributed by atoms with Crippen LogP contribution in [0.2, 0.25) is 0 Å². The maximum absolute atomic E-state index is 8.29. The third kappa shape index (κ3) is 2.97. The summed E-state index contributed by atoms with van der Waals surface area (Å²) < 4.78 is 0. The Morgan fingerprint density at radius 1 is 0.846 bits per heavy atom. The minimum absolute atomic E-state index is 0.129. The van der Waals surface area contributed by atoms with Crippen LogP contribution in [-0.2, 0) is 5.41 Å². The zero-order valence-corrected chi connectivity index (χ0v) is 15.4. The molecule has 1 aliphatic carbocycles. The molecule has 1 aliphatic rings. The summed E-state index contributed by atoms with van der Waals surface area (Å²) in [6.07, 6.45) is 4.25. The Bertz CT molecular complexity index is 1020. The van der Waals surface area contributed by atoms with Crippen LogP contribution in [0.4, 0.5) is 11.4 Å². The van der Waals surface area contributed by atoms with Crippen molar-refractivity contribution in [1.82, 2.24) is 0 Å². The van der Waals surface area contributed by atoms with Crippen molar-refractivity contribution in [3.63, 3.8) is 0 Å². The smallest absolute Gasteiger partial charge is 0.197 e. The Balaban J connectivity index is 1.53. The van der Waals surface area contributed by atoms with E-state index in [4.69, 9.17) is 5.41 Å². The van der Waals surface area contributed by atoms with Gasteiger partial charge in [0.2, 0.25) is 0 Å². The van der Waals surface area contributed by atoms with Crippen molar-refractivity contribution in [2.24, 2.45) is 0 Å². The van der Waals surface area contributed by atoms with Crippen LogP contribution >= 0.6 is 0 Å². The third-order valence-corrected chi connectivity index (χ3v) is 4.83.